The molecule has 0 aliphatic carbocycles. The molecule has 2 fully saturated rings. The predicted octanol–water partition coefficient (Wildman–Crippen LogP) is 3.16. The number of anilines is 1. The zero-order valence-electron chi connectivity index (χ0n) is 18.7. The van der Waals surface area contributed by atoms with Crippen LogP contribution >= 0.6 is 24.0 Å². The van der Waals surface area contributed by atoms with Crippen LogP contribution in [0.1, 0.15) is 36.8 Å². The van der Waals surface area contributed by atoms with E-state index in [1.165, 1.54) is 11.1 Å². The van der Waals surface area contributed by atoms with Crippen LogP contribution < -0.4 is 15.5 Å². The second kappa shape index (κ2) is 12.0. The predicted molar refractivity (Wildman–Crippen MR) is 139 cm³/mol. The molecule has 2 N–H and O–H groups in total. The van der Waals surface area contributed by atoms with Crippen molar-refractivity contribution in [3.8, 4) is 0 Å². The number of nitrogens with zero attached hydrogens (tertiary/aromatic N) is 4. The first kappa shape index (κ1) is 24.3. The molecule has 3 heterocycles. The maximum absolute atomic E-state index is 11.9. The molecule has 0 unspecified atom stereocenters. The molecular formula is C24H33IN6O. The highest BCUT2D eigenvalue weighted by molar-refractivity contribution is 14.0. The maximum Gasteiger partial charge on any atom is 0.222 e. The molecule has 4 rings (SSSR count). The number of nitrogens with one attached hydrogen (secondary N) is 2. The summed E-state index contributed by atoms with van der Waals surface area (Å²) >= 11 is 0. The number of carbonyl (C=O) groups is 1. The lowest BCUT2D eigenvalue weighted by Crippen LogP contribution is -2.48. The van der Waals surface area contributed by atoms with Gasteiger partial charge in [-0.3, -0.25) is 9.79 Å². The Balaban J connectivity index is 0.00000289. The number of hydrogen-bond acceptors (Lipinski definition) is 4. The molecule has 2 saturated heterocycles. The molecular weight excluding hydrogens is 515 g/mol. The molecule has 1 amide bonds. The topological polar surface area (TPSA) is 72.9 Å². The van der Waals surface area contributed by atoms with Crippen LogP contribution in [0.4, 0.5) is 5.82 Å². The van der Waals surface area contributed by atoms with Crippen LogP contribution in [0.15, 0.2) is 53.7 Å². The van der Waals surface area contributed by atoms with Crippen molar-refractivity contribution >= 4 is 41.7 Å². The number of benzene rings is 1. The summed E-state index contributed by atoms with van der Waals surface area (Å²) in [6.45, 7) is 4.26. The van der Waals surface area contributed by atoms with Gasteiger partial charge in [0.15, 0.2) is 5.96 Å². The fraction of sp³-hybridized carbons (Fsp3) is 0.458. The molecule has 2 aliphatic rings. The Morgan fingerprint density at radius 3 is 2.62 bits per heavy atom. The number of aromatic nitrogens is 1. The third-order valence-electron chi connectivity index (χ3n) is 6.03. The van der Waals surface area contributed by atoms with Crippen LogP contribution in [0, 0.1) is 0 Å². The van der Waals surface area contributed by atoms with Crippen LogP contribution in [-0.2, 0) is 17.9 Å². The molecule has 2 aliphatic heterocycles. The third-order valence-corrected chi connectivity index (χ3v) is 6.03. The summed E-state index contributed by atoms with van der Waals surface area (Å²) in [7, 11) is 1.81. The maximum atomic E-state index is 11.9. The number of rotatable bonds is 6. The standard InChI is InChI=1S/C24H32N6O.HI/c1-25-24(28-21-10-14-29(15-11-21)22-8-2-3-12-26-22)27-17-19-6-4-7-20(16-19)18-30-13-5-9-23(30)31;/h2-4,6-8,12,16,21H,5,9-11,13-15,17-18H2,1H3,(H2,25,27,28);1H. The molecule has 1 aromatic carbocycles. The summed E-state index contributed by atoms with van der Waals surface area (Å²) < 4.78 is 0. The average molecular weight is 548 g/mol. The van der Waals surface area contributed by atoms with Crippen LogP contribution in [0.2, 0.25) is 0 Å². The van der Waals surface area contributed by atoms with Crippen LogP contribution in [-0.4, -0.2) is 54.5 Å². The summed E-state index contributed by atoms with van der Waals surface area (Å²) in [5.74, 6) is 2.15. The van der Waals surface area contributed by atoms with Gasteiger partial charge in [0.05, 0.1) is 0 Å². The summed E-state index contributed by atoms with van der Waals surface area (Å²) in [6.07, 6.45) is 5.61. The molecule has 7 nitrogen and oxygen atoms in total. The monoisotopic (exact) mass is 548 g/mol. The van der Waals surface area contributed by atoms with E-state index in [1.807, 2.05) is 30.3 Å². The quantitative estimate of drug-likeness (QED) is 0.330. The first-order valence-electron chi connectivity index (χ1n) is 11.2. The van der Waals surface area contributed by atoms with Gasteiger partial charge in [0.25, 0.3) is 0 Å². The van der Waals surface area contributed by atoms with Crippen LogP contribution in [0.25, 0.3) is 0 Å². The largest absolute Gasteiger partial charge is 0.356 e. The number of piperidine rings is 1. The third kappa shape index (κ3) is 6.57. The van der Waals surface area contributed by atoms with Gasteiger partial charge in [-0.2, -0.15) is 0 Å². The van der Waals surface area contributed by atoms with Crippen molar-refractivity contribution in [1.82, 2.24) is 20.5 Å². The Bertz CT molecular complexity index is 898. The fourth-order valence-corrected chi connectivity index (χ4v) is 4.30. The van der Waals surface area contributed by atoms with Crippen LogP contribution in [0.5, 0.6) is 0 Å². The minimum absolute atomic E-state index is 0. The number of hydrogen-bond donors (Lipinski definition) is 2. The highest BCUT2D eigenvalue weighted by Gasteiger charge is 2.21. The van der Waals surface area contributed by atoms with E-state index in [2.05, 4.69) is 55.8 Å². The van der Waals surface area contributed by atoms with Crippen molar-refractivity contribution in [2.45, 2.75) is 44.8 Å². The van der Waals surface area contributed by atoms with E-state index in [-0.39, 0.29) is 29.9 Å². The zero-order valence-corrected chi connectivity index (χ0v) is 21.0. The van der Waals surface area contributed by atoms with Gasteiger partial charge < -0.3 is 20.4 Å². The fourth-order valence-electron chi connectivity index (χ4n) is 4.30. The van der Waals surface area contributed by atoms with E-state index in [1.54, 1.807) is 0 Å². The van der Waals surface area contributed by atoms with E-state index < -0.39 is 0 Å². The van der Waals surface area contributed by atoms with Crippen molar-refractivity contribution in [3.63, 3.8) is 0 Å². The molecule has 8 heteroatoms. The number of likely N-dealkylation sites (tertiary alicyclic amines) is 1. The van der Waals surface area contributed by atoms with Gasteiger partial charge in [-0.1, -0.05) is 30.3 Å². The molecule has 1 aromatic heterocycles. The van der Waals surface area contributed by atoms with Gasteiger partial charge in [-0.25, -0.2) is 4.98 Å². The molecule has 0 bridgehead atoms. The number of carbonyl (C=O) groups excluding carboxylic acids is 1. The SMILES string of the molecule is CN=C(NCc1cccc(CN2CCCC2=O)c1)NC1CCN(c2ccccn2)CC1.I. The lowest BCUT2D eigenvalue weighted by molar-refractivity contribution is -0.128. The van der Waals surface area contributed by atoms with Gasteiger partial charge in [-0.05, 0) is 42.5 Å². The van der Waals surface area contributed by atoms with E-state index in [9.17, 15) is 4.79 Å². The van der Waals surface area contributed by atoms with Crippen molar-refractivity contribution in [3.05, 3.63) is 59.8 Å². The van der Waals surface area contributed by atoms with E-state index in [0.717, 1.165) is 50.7 Å². The first-order valence-corrected chi connectivity index (χ1v) is 11.2. The molecule has 32 heavy (non-hydrogen) atoms. The van der Waals surface area contributed by atoms with Crippen molar-refractivity contribution in [2.75, 3.05) is 31.6 Å². The lowest BCUT2D eigenvalue weighted by atomic mass is 10.1. The van der Waals surface area contributed by atoms with Gasteiger partial charge in [0.1, 0.15) is 5.82 Å². The zero-order chi connectivity index (χ0) is 21.5. The van der Waals surface area contributed by atoms with Crippen molar-refractivity contribution in [1.29, 1.82) is 0 Å². The molecule has 172 valence electrons. The number of pyridine rings is 1. The van der Waals surface area contributed by atoms with Crippen molar-refractivity contribution in [2.24, 2.45) is 4.99 Å². The second-order valence-corrected chi connectivity index (χ2v) is 8.26. The Morgan fingerprint density at radius 2 is 1.94 bits per heavy atom. The van der Waals surface area contributed by atoms with Crippen molar-refractivity contribution < 1.29 is 4.79 Å². The van der Waals surface area contributed by atoms with Gasteiger partial charge in [-0.15, -0.1) is 24.0 Å². The second-order valence-electron chi connectivity index (χ2n) is 8.26. The van der Waals surface area contributed by atoms with Gasteiger partial charge in [0, 0.05) is 58.4 Å². The van der Waals surface area contributed by atoms with Gasteiger partial charge >= 0.3 is 0 Å². The lowest BCUT2D eigenvalue weighted by Gasteiger charge is -2.33. The molecule has 2 aromatic rings. The normalized spacial score (nSPS) is 17.3. The van der Waals surface area contributed by atoms with E-state index >= 15 is 0 Å². The number of aliphatic imine (C=N–C) groups is 1. The summed E-state index contributed by atoms with van der Waals surface area (Å²) in [5, 5.41) is 7.00. The summed E-state index contributed by atoms with van der Waals surface area (Å²) in [4.78, 5) is 25.0. The Labute approximate surface area is 207 Å². The molecule has 0 radical (unpaired) electrons. The van der Waals surface area contributed by atoms with E-state index in [0.29, 0.717) is 25.6 Å². The highest BCUT2D eigenvalue weighted by Crippen LogP contribution is 2.17. The Hall–Kier alpha value is -2.36. The number of amides is 1. The minimum Gasteiger partial charge on any atom is -0.356 e. The Kier molecular flexibility index (Phi) is 9.13. The number of guanidine groups is 1. The number of halogens is 1. The molecule has 0 saturated carbocycles. The molecule has 0 spiro atoms. The summed E-state index contributed by atoms with van der Waals surface area (Å²) in [6, 6.07) is 14.9. The smallest absolute Gasteiger partial charge is 0.222 e. The van der Waals surface area contributed by atoms with E-state index in [4.69, 9.17) is 0 Å². The summed E-state index contributed by atoms with van der Waals surface area (Å²) in [5.41, 5.74) is 2.37. The Morgan fingerprint density at radius 1 is 1.12 bits per heavy atom. The highest BCUT2D eigenvalue weighted by atomic mass is 127. The average Bonchev–Trinajstić information content (AvgIpc) is 3.22. The first-order chi connectivity index (χ1) is 15.2. The van der Waals surface area contributed by atoms with Crippen LogP contribution in [0.3, 0.4) is 0 Å². The van der Waals surface area contributed by atoms with Gasteiger partial charge in [0.2, 0.25) is 5.91 Å². The molecule has 0 atom stereocenters. The minimum atomic E-state index is 0.